The number of rotatable bonds is 4. The summed E-state index contributed by atoms with van der Waals surface area (Å²) in [6.07, 6.45) is 3.18. The molecule has 5 heteroatoms. The number of nitrogens with zero attached hydrogens (tertiary/aromatic N) is 2. The van der Waals surface area contributed by atoms with Crippen LogP contribution in [0, 0.1) is 0 Å². The summed E-state index contributed by atoms with van der Waals surface area (Å²) in [5, 5.41) is 8.88. The number of aliphatic hydroxyl groups excluding tert-OH is 1. The van der Waals surface area contributed by atoms with Gasteiger partial charge in [0.2, 0.25) is 0 Å². The van der Waals surface area contributed by atoms with Crippen LogP contribution in [0.2, 0.25) is 0 Å². The van der Waals surface area contributed by atoms with Crippen molar-refractivity contribution in [1.29, 1.82) is 0 Å². The fourth-order valence-electron chi connectivity index (χ4n) is 2.02. The van der Waals surface area contributed by atoms with E-state index in [1.165, 1.54) is 6.20 Å². The number of aliphatic hydroxyl groups is 1. The first-order valence-electron chi connectivity index (χ1n) is 6.22. The third-order valence-corrected chi connectivity index (χ3v) is 3.04. The number of carbonyl (C=O) groups excluding carboxylic acids is 1. The van der Waals surface area contributed by atoms with Crippen LogP contribution in [0.1, 0.15) is 25.5 Å². The second kappa shape index (κ2) is 5.82. The third-order valence-electron chi connectivity index (χ3n) is 3.04. The molecule has 1 N–H and O–H groups in total. The smallest absolute Gasteiger partial charge is 0.263 e. The molecule has 2 heterocycles. The van der Waals surface area contributed by atoms with Crippen molar-refractivity contribution < 1.29 is 14.6 Å². The van der Waals surface area contributed by atoms with Crippen molar-refractivity contribution in [2.45, 2.75) is 32.5 Å². The van der Waals surface area contributed by atoms with Gasteiger partial charge in [0, 0.05) is 13.1 Å². The van der Waals surface area contributed by atoms with Gasteiger partial charge in [-0.25, -0.2) is 0 Å². The number of likely N-dealkylation sites (tertiary alicyclic amines) is 1. The van der Waals surface area contributed by atoms with Crippen molar-refractivity contribution in [3.8, 4) is 5.75 Å². The second-order valence-electron chi connectivity index (χ2n) is 4.44. The normalized spacial score (nSPS) is 16.7. The van der Waals surface area contributed by atoms with E-state index in [0.717, 1.165) is 25.9 Å². The van der Waals surface area contributed by atoms with E-state index in [1.54, 1.807) is 19.1 Å². The first-order valence-corrected chi connectivity index (χ1v) is 6.22. The van der Waals surface area contributed by atoms with Crippen LogP contribution in [0.5, 0.6) is 5.75 Å². The zero-order valence-corrected chi connectivity index (χ0v) is 10.5. The summed E-state index contributed by atoms with van der Waals surface area (Å²) in [6.45, 7) is 3.31. The summed E-state index contributed by atoms with van der Waals surface area (Å²) >= 11 is 0. The average Bonchev–Trinajstić information content (AvgIpc) is 2.92. The minimum Gasteiger partial charge on any atom is -0.479 e. The quantitative estimate of drug-likeness (QED) is 0.864. The van der Waals surface area contributed by atoms with Gasteiger partial charge in [0.25, 0.3) is 5.91 Å². The minimum absolute atomic E-state index is 0.0266. The van der Waals surface area contributed by atoms with E-state index < -0.39 is 6.10 Å². The van der Waals surface area contributed by atoms with Gasteiger partial charge in [-0.3, -0.25) is 9.78 Å². The van der Waals surface area contributed by atoms with Gasteiger partial charge in [-0.2, -0.15) is 0 Å². The largest absolute Gasteiger partial charge is 0.479 e. The van der Waals surface area contributed by atoms with Crippen LogP contribution in [0.25, 0.3) is 0 Å². The van der Waals surface area contributed by atoms with Crippen molar-refractivity contribution in [2.24, 2.45) is 0 Å². The van der Waals surface area contributed by atoms with E-state index in [2.05, 4.69) is 4.98 Å². The van der Waals surface area contributed by atoms with Gasteiger partial charge in [0.15, 0.2) is 6.10 Å². The van der Waals surface area contributed by atoms with Crippen molar-refractivity contribution in [3.05, 3.63) is 24.0 Å². The summed E-state index contributed by atoms with van der Waals surface area (Å²) in [5.74, 6) is 0.575. The van der Waals surface area contributed by atoms with Gasteiger partial charge in [0.05, 0.1) is 18.5 Å². The van der Waals surface area contributed by atoms with Crippen molar-refractivity contribution in [3.63, 3.8) is 0 Å². The third kappa shape index (κ3) is 2.98. The van der Waals surface area contributed by atoms with Crippen LogP contribution in [0.4, 0.5) is 0 Å². The highest BCUT2D eigenvalue weighted by molar-refractivity contribution is 5.81. The number of ether oxygens (including phenoxy) is 1. The van der Waals surface area contributed by atoms with E-state index in [0.29, 0.717) is 11.4 Å². The Balaban J connectivity index is 1.92. The number of aromatic nitrogens is 1. The van der Waals surface area contributed by atoms with Crippen LogP contribution in [-0.4, -0.2) is 40.1 Å². The summed E-state index contributed by atoms with van der Waals surface area (Å²) in [5.41, 5.74) is 0.584. The van der Waals surface area contributed by atoms with Crippen molar-refractivity contribution in [1.82, 2.24) is 9.88 Å². The number of hydrogen-bond donors (Lipinski definition) is 1. The van der Waals surface area contributed by atoms with Gasteiger partial charge < -0.3 is 14.7 Å². The molecule has 0 radical (unpaired) electrons. The van der Waals surface area contributed by atoms with Crippen LogP contribution < -0.4 is 4.74 Å². The molecule has 1 aromatic rings. The number of amides is 1. The molecule has 98 valence electrons. The molecule has 1 amide bonds. The molecular formula is C13H18N2O3. The zero-order valence-electron chi connectivity index (χ0n) is 10.5. The van der Waals surface area contributed by atoms with Crippen molar-refractivity contribution in [2.75, 3.05) is 13.1 Å². The average molecular weight is 250 g/mol. The number of pyridine rings is 1. The maximum absolute atomic E-state index is 12.0. The molecule has 1 aromatic heterocycles. The maximum Gasteiger partial charge on any atom is 0.263 e. The lowest BCUT2D eigenvalue weighted by atomic mass is 10.3. The Morgan fingerprint density at radius 3 is 2.78 bits per heavy atom. The molecule has 18 heavy (non-hydrogen) atoms. The lowest BCUT2D eigenvalue weighted by Crippen LogP contribution is -2.38. The Morgan fingerprint density at radius 1 is 1.50 bits per heavy atom. The van der Waals surface area contributed by atoms with E-state index in [9.17, 15) is 4.79 Å². The maximum atomic E-state index is 12.0. The monoisotopic (exact) mass is 250 g/mol. The molecular weight excluding hydrogens is 232 g/mol. The Kier molecular flexibility index (Phi) is 4.15. The van der Waals surface area contributed by atoms with Crippen LogP contribution in [-0.2, 0) is 11.4 Å². The standard InChI is InChI=1S/C13H18N2O3/c1-10(13(17)15-6-2-3-7-15)18-12-5-4-11(9-16)14-8-12/h4-5,8,10,16H,2-3,6-7,9H2,1H3. The van der Waals surface area contributed by atoms with Crippen LogP contribution >= 0.6 is 0 Å². The van der Waals surface area contributed by atoms with Crippen LogP contribution in [0.3, 0.4) is 0 Å². The topological polar surface area (TPSA) is 62.7 Å². The predicted octanol–water partition coefficient (Wildman–Crippen LogP) is 0.964. The highest BCUT2D eigenvalue weighted by Crippen LogP contribution is 2.15. The summed E-state index contributed by atoms with van der Waals surface area (Å²) in [6, 6.07) is 3.40. The molecule has 0 spiro atoms. The van der Waals surface area contributed by atoms with E-state index in [1.807, 2.05) is 4.90 Å². The molecule has 0 aromatic carbocycles. The molecule has 0 saturated carbocycles. The van der Waals surface area contributed by atoms with E-state index in [-0.39, 0.29) is 12.5 Å². The molecule has 0 bridgehead atoms. The van der Waals surface area contributed by atoms with E-state index >= 15 is 0 Å². The van der Waals surface area contributed by atoms with Crippen molar-refractivity contribution >= 4 is 5.91 Å². The lowest BCUT2D eigenvalue weighted by Gasteiger charge is -2.21. The first kappa shape index (κ1) is 12.8. The Bertz CT molecular complexity index is 399. The molecule has 1 aliphatic heterocycles. The summed E-state index contributed by atoms with van der Waals surface area (Å²) < 4.78 is 5.55. The molecule has 2 rings (SSSR count). The van der Waals surface area contributed by atoms with Gasteiger partial charge in [0.1, 0.15) is 5.75 Å². The van der Waals surface area contributed by atoms with Crippen LogP contribution in [0.15, 0.2) is 18.3 Å². The molecule has 1 fully saturated rings. The van der Waals surface area contributed by atoms with Gasteiger partial charge in [-0.15, -0.1) is 0 Å². The molecule has 0 aliphatic carbocycles. The molecule has 1 atom stereocenters. The highest BCUT2D eigenvalue weighted by Gasteiger charge is 2.24. The van der Waals surface area contributed by atoms with E-state index in [4.69, 9.17) is 9.84 Å². The Morgan fingerprint density at radius 2 is 2.22 bits per heavy atom. The minimum atomic E-state index is -0.495. The Labute approximate surface area is 106 Å². The molecule has 1 aliphatic rings. The summed E-state index contributed by atoms with van der Waals surface area (Å²) in [7, 11) is 0. The fraction of sp³-hybridized carbons (Fsp3) is 0.538. The number of carbonyl (C=O) groups is 1. The Hall–Kier alpha value is -1.62. The molecule has 1 saturated heterocycles. The number of hydrogen-bond acceptors (Lipinski definition) is 4. The zero-order chi connectivity index (χ0) is 13.0. The highest BCUT2D eigenvalue weighted by atomic mass is 16.5. The van der Waals surface area contributed by atoms with Gasteiger partial charge >= 0.3 is 0 Å². The summed E-state index contributed by atoms with van der Waals surface area (Å²) in [4.78, 5) is 17.9. The van der Waals surface area contributed by atoms with Gasteiger partial charge in [-0.05, 0) is 31.9 Å². The SMILES string of the molecule is CC(Oc1ccc(CO)nc1)C(=O)N1CCCC1. The fourth-order valence-corrected chi connectivity index (χ4v) is 2.02. The molecule has 1 unspecified atom stereocenters. The second-order valence-corrected chi connectivity index (χ2v) is 4.44. The van der Waals surface area contributed by atoms with Gasteiger partial charge in [-0.1, -0.05) is 0 Å². The lowest BCUT2D eigenvalue weighted by molar-refractivity contribution is -0.136. The predicted molar refractivity (Wildman–Crippen MR) is 66.1 cm³/mol. The molecule has 5 nitrogen and oxygen atoms in total. The first-order chi connectivity index (χ1) is 8.70.